The number of ether oxygens (including phenoxy) is 1. The Balaban J connectivity index is 3.04. The van der Waals surface area contributed by atoms with E-state index in [1.54, 1.807) is 25.1 Å². The second-order valence-electron chi connectivity index (χ2n) is 2.85. The zero-order chi connectivity index (χ0) is 11.5. The molecule has 0 saturated carbocycles. The fraction of sp³-hybridized carbons (Fsp3) is 0.333. The highest BCUT2D eigenvalue weighted by atomic mass is 79.9. The van der Waals surface area contributed by atoms with Gasteiger partial charge in [0.25, 0.3) is 0 Å². The Bertz CT molecular complexity index is 445. The Morgan fingerprint density at radius 1 is 1.47 bits per heavy atom. The molecule has 0 unspecified atom stereocenters. The number of anilines is 1. The third-order valence-corrected chi connectivity index (χ3v) is 3.80. The van der Waals surface area contributed by atoms with Gasteiger partial charge in [-0.3, -0.25) is 4.72 Å². The van der Waals surface area contributed by atoms with Crippen LogP contribution in [0.15, 0.2) is 22.7 Å². The second-order valence-corrected chi connectivity index (χ2v) is 5.72. The first kappa shape index (κ1) is 12.3. The number of sulfonamides is 1. The second kappa shape index (κ2) is 4.85. The average molecular weight is 294 g/mol. The molecule has 15 heavy (non-hydrogen) atoms. The molecule has 1 N–H and O–H groups in total. The van der Waals surface area contributed by atoms with Gasteiger partial charge in [-0.25, -0.2) is 8.42 Å². The van der Waals surface area contributed by atoms with Crippen molar-refractivity contribution in [3.05, 3.63) is 22.7 Å². The zero-order valence-electron chi connectivity index (χ0n) is 8.45. The first-order valence-electron chi connectivity index (χ1n) is 4.32. The van der Waals surface area contributed by atoms with E-state index in [9.17, 15) is 8.42 Å². The van der Waals surface area contributed by atoms with E-state index >= 15 is 0 Å². The fourth-order valence-corrected chi connectivity index (χ4v) is 2.07. The molecule has 0 aliphatic rings. The Kier molecular flexibility index (Phi) is 3.98. The average Bonchev–Trinajstić information content (AvgIpc) is 2.21. The summed E-state index contributed by atoms with van der Waals surface area (Å²) in [5, 5.41) is 0. The van der Waals surface area contributed by atoms with Crippen molar-refractivity contribution < 1.29 is 13.2 Å². The normalized spacial score (nSPS) is 11.1. The van der Waals surface area contributed by atoms with Crippen molar-refractivity contribution in [1.29, 1.82) is 0 Å². The summed E-state index contributed by atoms with van der Waals surface area (Å²) in [5.74, 6) is 0.642. The molecule has 0 radical (unpaired) electrons. The standard InChI is InChI=1S/C9H12BrNO3S/c1-3-15(12,13)11-9-6-7(14-2)4-5-8(9)10/h4-6,11H,3H2,1-2H3. The van der Waals surface area contributed by atoms with Crippen molar-refractivity contribution in [2.24, 2.45) is 0 Å². The van der Waals surface area contributed by atoms with Gasteiger partial charge in [0.05, 0.1) is 18.6 Å². The summed E-state index contributed by atoms with van der Waals surface area (Å²) in [6.45, 7) is 1.58. The van der Waals surface area contributed by atoms with Gasteiger partial charge in [0.15, 0.2) is 0 Å². The number of hydrogen-bond donors (Lipinski definition) is 1. The molecule has 84 valence electrons. The maximum absolute atomic E-state index is 11.3. The van der Waals surface area contributed by atoms with Gasteiger partial charge in [-0.1, -0.05) is 0 Å². The molecule has 0 aliphatic carbocycles. The molecule has 0 aliphatic heterocycles. The fourth-order valence-electron chi connectivity index (χ4n) is 0.949. The van der Waals surface area contributed by atoms with Crippen LogP contribution in [0.2, 0.25) is 0 Å². The van der Waals surface area contributed by atoms with Crippen LogP contribution >= 0.6 is 15.9 Å². The van der Waals surface area contributed by atoms with E-state index in [1.165, 1.54) is 7.11 Å². The van der Waals surface area contributed by atoms with Gasteiger partial charge in [0.2, 0.25) is 10.0 Å². The smallest absolute Gasteiger partial charge is 0.232 e. The number of benzene rings is 1. The van der Waals surface area contributed by atoms with Crippen molar-refractivity contribution in [3.63, 3.8) is 0 Å². The predicted octanol–water partition coefficient (Wildman–Crippen LogP) is 2.22. The molecular formula is C9H12BrNO3S. The van der Waals surface area contributed by atoms with Crippen LogP contribution in [0.5, 0.6) is 5.75 Å². The van der Waals surface area contributed by atoms with Crippen LogP contribution in [-0.4, -0.2) is 21.3 Å². The topological polar surface area (TPSA) is 55.4 Å². The molecule has 4 nitrogen and oxygen atoms in total. The third kappa shape index (κ3) is 3.39. The number of hydrogen-bond acceptors (Lipinski definition) is 3. The quantitative estimate of drug-likeness (QED) is 0.926. The Morgan fingerprint density at radius 2 is 2.13 bits per heavy atom. The molecule has 6 heteroatoms. The lowest BCUT2D eigenvalue weighted by Gasteiger charge is -2.09. The Hall–Kier alpha value is -0.750. The van der Waals surface area contributed by atoms with Gasteiger partial charge < -0.3 is 4.74 Å². The SMILES string of the molecule is CCS(=O)(=O)Nc1cc(OC)ccc1Br. The van der Waals surface area contributed by atoms with Crippen molar-refractivity contribution in [3.8, 4) is 5.75 Å². The van der Waals surface area contributed by atoms with E-state index in [2.05, 4.69) is 20.7 Å². The molecule has 0 atom stereocenters. The lowest BCUT2D eigenvalue weighted by Crippen LogP contribution is -2.14. The van der Waals surface area contributed by atoms with E-state index in [0.717, 1.165) is 0 Å². The van der Waals surface area contributed by atoms with Gasteiger partial charge in [-0.15, -0.1) is 0 Å². The van der Waals surface area contributed by atoms with Gasteiger partial charge in [0, 0.05) is 10.5 Å². The van der Waals surface area contributed by atoms with Crippen molar-refractivity contribution >= 4 is 31.6 Å². The van der Waals surface area contributed by atoms with Crippen LogP contribution in [0, 0.1) is 0 Å². The van der Waals surface area contributed by atoms with Crippen LogP contribution in [0.4, 0.5) is 5.69 Å². The van der Waals surface area contributed by atoms with Crippen molar-refractivity contribution in [1.82, 2.24) is 0 Å². The lowest BCUT2D eigenvalue weighted by molar-refractivity contribution is 0.415. The first-order chi connectivity index (χ1) is 6.98. The molecular weight excluding hydrogens is 282 g/mol. The van der Waals surface area contributed by atoms with Gasteiger partial charge in [0.1, 0.15) is 5.75 Å². The minimum Gasteiger partial charge on any atom is -0.497 e. The van der Waals surface area contributed by atoms with Crippen molar-refractivity contribution in [2.75, 3.05) is 17.6 Å². The lowest BCUT2D eigenvalue weighted by atomic mass is 10.3. The highest BCUT2D eigenvalue weighted by Crippen LogP contribution is 2.27. The third-order valence-electron chi connectivity index (χ3n) is 1.82. The summed E-state index contributed by atoms with van der Waals surface area (Å²) >= 11 is 3.26. The molecule has 1 aromatic carbocycles. The molecule has 0 bridgehead atoms. The summed E-state index contributed by atoms with van der Waals surface area (Å²) in [7, 11) is -1.73. The van der Waals surface area contributed by atoms with Crippen LogP contribution < -0.4 is 9.46 Å². The van der Waals surface area contributed by atoms with E-state index < -0.39 is 10.0 Å². The number of halogens is 1. The van der Waals surface area contributed by atoms with Crippen molar-refractivity contribution in [2.45, 2.75) is 6.92 Å². The summed E-state index contributed by atoms with van der Waals surface area (Å²) in [5.41, 5.74) is 0.483. The Labute approximate surface area is 97.8 Å². The van der Waals surface area contributed by atoms with Gasteiger partial charge >= 0.3 is 0 Å². The maximum atomic E-state index is 11.3. The minimum atomic E-state index is -3.26. The van der Waals surface area contributed by atoms with Crippen LogP contribution in [-0.2, 0) is 10.0 Å². The zero-order valence-corrected chi connectivity index (χ0v) is 10.9. The molecule has 1 rings (SSSR count). The molecule has 0 saturated heterocycles. The number of nitrogens with one attached hydrogen (secondary N) is 1. The Morgan fingerprint density at radius 3 is 2.67 bits per heavy atom. The van der Waals surface area contributed by atoms with Gasteiger partial charge in [-0.05, 0) is 35.0 Å². The molecule has 1 aromatic rings. The number of methoxy groups -OCH3 is 1. The monoisotopic (exact) mass is 293 g/mol. The van der Waals surface area contributed by atoms with E-state index in [-0.39, 0.29) is 5.75 Å². The van der Waals surface area contributed by atoms with E-state index in [1.807, 2.05) is 0 Å². The summed E-state index contributed by atoms with van der Waals surface area (Å²) in [6, 6.07) is 5.09. The predicted molar refractivity (Wildman–Crippen MR) is 63.8 cm³/mol. The highest BCUT2D eigenvalue weighted by Gasteiger charge is 2.10. The summed E-state index contributed by atoms with van der Waals surface area (Å²) in [4.78, 5) is 0. The van der Waals surface area contributed by atoms with Gasteiger partial charge in [-0.2, -0.15) is 0 Å². The van der Waals surface area contributed by atoms with Crippen LogP contribution in [0.3, 0.4) is 0 Å². The van der Waals surface area contributed by atoms with Crippen LogP contribution in [0.1, 0.15) is 6.92 Å². The molecule has 0 spiro atoms. The highest BCUT2D eigenvalue weighted by molar-refractivity contribution is 9.10. The minimum absolute atomic E-state index is 0.0383. The molecule has 0 fully saturated rings. The molecule has 0 amide bonds. The van der Waals surface area contributed by atoms with Crippen LogP contribution in [0.25, 0.3) is 0 Å². The molecule has 0 aromatic heterocycles. The van der Waals surface area contributed by atoms with E-state index in [0.29, 0.717) is 15.9 Å². The molecule has 0 heterocycles. The maximum Gasteiger partial charge on any atom is 0.232 e. The first-order valence-corrected chi connectivity index (χ1v) is 6.77. The summed E-state index contributed by atoms with van der Waals surface area (Å²) in [6.07, 6.45) is 0. The largest absolute Gasteiger partial charge is 0.497 e. The summed E-state index contributed by atoms with van der Waals surface area (Å²) < 4.78 is 30.8. The van der Waals surface area contributed by atoms with E-state index in [4.69, 9.17) is 4.74 Å². The number of rotatable bonds is 4.